The largest absolute Gasteiger partial charge is 0.436 e. The normalized spacial score (nSPS) is 17.5. The third-order valence-electron chi connectivity index (χ3n) is 9.36. The predicted molar refractivity (Wildman–Crippen MR) is 176 cm³/mol. The van der Waals surface area contributed by atoms with Gasteiger partial charge in [-0.2, -0.15) is 0 Å². The summed E-state index contributed by atoms with van der Waals surface area (Å²) in [5, 5.41) is 12.2. The lowest BCUT2D eigenvalue weighted by Gasteiger charge is -2.40. The fourth-order valence-electron chi connectivity index (χ4n) is 5.90. The molecule has 9 heteroatoms. The monoisotopic (exact) mass is 611 g/mol. The number of aromatic nitrogens is 4. The van der Waals surface area contributed by atoms with Crippen LogP contribution >= 0.6 is 0 Å². The number of rotatable bonds is 8. The number of nitrogens with zero attached hydrogens (tertiary/aromatic N) is 4. The molecule has 1 aliphatic rings. The second-order valence-corrected chi connectivity index (χ2v) is 18.4. The van der Waals surface area contributed by atoms with Gasteiger partial charge in [-0.25, -0.2) is 9.37 Å². The maximum atomic E-state index is 14.3. The molecule has 6 rings (SSSR count). The first-order chi connectivity index (χ1) is 20.9. The minimum atomic E-state index is -1.83. The van der Waals surface area contributed by atoms with E-state index in [9.17, 15) is 4.39 Å². The molecule has 2 heterocycles. The van der Waals surface area contributed by atoms with E-state index in [1.165, 1.54) is 24.1 Å². The molecule has 3 aromatic carbocycles. The molecule has 1 fully saturated rings. The number of aryl methyl sites for hydroxylation is 2. The SMILES string of the molecule is Cc1cc(CN[C@@H]2CCC[C@@H]2O[Si](C)(C)C(C)(C)C)cc2nc(-c3cccc(-c4ccc(F)cc4-c4nncn4C)c3)oc12. The number of halogens is 1. The quantitative estimate of drug-likeness (QED) is 0.178. The fourth-order valence-corrected chi connectivity index (χ4v) is 7.30. The smallest absolute Gasteiger partial charge is 0.227 e. The van der Waals surface area contributed by atoms with Crippen molar-refractivity contribution >= 4 is 19.4 Å². The molecule has 1 aliphatic carbocycles. The van der Waals surface area contributed by atoms with Crippen LogP contribution in [0, 0.1) is 12.7 Å². The Morgan fingerprint density at radius 1 is 1.05 bits per heavy atom. The zero-order chi connectivity index (χ0) is 31.2. The van der Waals surface area contributed by atoms with E-state index in [0.29, 0.717) is 23.3 Å². The zero-order valence-electron chi connectivity index (χ0n) is 26.7. The Morgan fingerprint density at radius 2 is 1.84 bits per heavy atom. The highest BCUT2D eigenvalue weighted by molar-refractivity contribution is 6.74. The van der Waals surface area contributed by atoms with Gasteiger partial charge in [-0.05, 0) is 96.9 Å². The molecule has 0 amide bonds. The summed E-state index contributed by atoms with van der Waals surface area (Å²) in [5.41, 5.74) is 7.15. The Hall–Kier alpha value is -3.66. The molecule has 0 aliphatic heterocycles. The van der Waals surface area contributed by atoms with Crippen LogP contribution < -0.4 is 5.32 Å². The van der Waals surface area contributed by atoms with Crippen molar-refractivity contribution in [3.8, 4) is 34.0 Å². The molecular formula is C35H42FN5O2Si. The summed E-state index contributed by atoms with van der Waals surface area (Å²) in [6.07, 6.45) is 5.32. The summed E-state index contributed by atoms with van der Waals surface area (Å²) in [4.78, 5) is 4.91. The molecule has 0 saturated heterocycles. The highest BCUT2D eigenvalue weighted by atomic mass is 28.4. The second kappa shape index (κ2) is 11.7. The Morgan fingerprint density at radius 3 is 2.59 bits per heavy atom. The van der Waals surface area contributed by atoms with Crippen LogP contribution in [0.5, 0.6) is 0 Å². The molecule has 7 nitrogen and oxygen atoms in total. The molecular weight excluding hydrogens is 570 g/mol. The highest BCUT2D eigenvalue weighted by Crippen LogP contribution is 2.40. The Balaban J connectivity index is 1.24. The van der Waals surface area contributed by atoms with E-state index >= 15 is 0 Å². The number of hydrogen-bond donors (Lipinski definition) is 1. The third-order valence-corrected chi connectivity index (χ3v) is 13.9. The molecule has 2 aromatic heterocycles. The van der Waals surface area contributed by atoms with E-state index in [1.54, 1.807) is 17.0 Å². The molecule has 230 valence electrons. The average molecular weight is 612 g/mol. The third kappa shape index (κ3) is 6.01. The van der Waals surface area contributed by atoms with Crippen LogP contribution in [0.2, 0.25) is 18.1 Å². The minimum Gasteiger partial charge on any atom is -0.436 e. The summed E-state index contributed by atoms with van der Waals surface area (Å²) >= 11 is 0. The maximum Gasteiger partial charge on any atom is 0.227 e. The van der Waals surface area contributed by atoms with Gasteiger partial charge in [-0.3, -0.25) is 0 Å². The van der Waals surface area contributed by atoms with Crippen LogP contribution in [-0.2, 0) is 18.0 Å². The van der Waals surface area contributed by atoms with Gasteiger partial charge in [0.05, 0.1) is 6.10 Å². The van der Waals surface area contributed by atoms with Crippen LogP contribution in [-0.4, -0.2) is 40.2 Å². The predicted octanol–water partition coefficient (Wildman–Crippen LogP) is 8.44. The standard InChI is InChI=1S/C35H42FN5O2Si/c1-22-16-23(20-37-29-12-9-13-31(29)43-44(6,7)35(2,3)4)17-30-32(22)42-34(39-30)25-11-8-10-24(18-25)27-15-14-26(36)19-28(27)33-40-38-21-41(33)5/h8,10-11,14-19,21,29,31,37H,9,12-13,20H2,1-7H3/t29-,31+/m1/s1. The topological polar surface area (TPSA) is 78.0 Å². The Kier molecular flexibility index (Phi) is 8.07. The van der Waals surface area contributed by atoms with Gasteiger partial charge in [0, 0.05) is 30.8 Å². The van der Waals surface area contributed by atoms with Crippen molar-refractivity contribution in [1.82, 2.24) is 25.1 Å². The van der Waals surface area contributed by atoms with E-state index in [-0.39, 0.29) is 17.0 Å². The van der Waals surface area contributed by atoms with Crippen LogP contribution in [0.25, 0.3) is 45.1 Å². The van der Waals surface area contributed by atoms with E-state index in [2.05, 4.69) is 68.4 Å². The molecule has 0 bridgehead atoms. The van der Waals surface area contributed by atoms with Gasteiger partial charge in [0.1, 0.15) is 17.7 Å². The van der Waals surface area contributed by atoms with Gasteiger partial charge in [0.25, 0.3) is 0 Å². The molecule has 0 radical (unpaired) electrons. The number of benzene rings is 3. The number of oxazole rings is 1. The van der Waals surface area contributed by atoms with Crippen molar-refractivity contribution in [2.24, 2.45) is 7.05 Å². The fraction of sp³-hybridized carbons (Fsp3) is 0.400. The first kappa shape index (κ1) is 30.4. The number of nitrogens with one attached hydrogen (secondary N) is 1. The molecule has 0 unspecified atom stereocenters. The summed E-state index contributed by atoms with van der Waals surface area (Å²) in [6, 6.07) is 17.4. The molecule has 1 saturated carbocycles. The highest BCUT2D eigenvalue weighted by Gasteiger charge is 2.41. The second-order valence-electron chi connectivity index (χ2n) is 13.7. The van der Waals surface area contributed by atoms with E-state index in [1.807, 2.05) is 31.3 Å². The Labute approximate surface area is 260 Å². The zero-order valence-corrected chi connectivity index (χ0v) is 27.7. The van der Waals surface area contributed by atoms with E-state index < -0.39 is 8.32 Å². The van der Waals surface area contributed by atoms with Gasteiger partial charge in [-0.1, -0.05) is 45.0 Å². The van der Waals surface area contributed by atoms with Gasteiger partial charge in [-0.15, -0.1) is 10.2 Å². The molecule has 1 N–H and O–H groups in total. The van der Waals surface area contributed by atoms with Crippen molar-refractivity contribution < 1.29 is 13.2 Å². The van der Waals surface area contributed by atoms with Gasteiger partial charge in [0.15, 0.2) is 19.7 Å². The van der Waals surface area contributed by atoms with Gasteiger partial charge in [0.2, 0.25) is 5.89 Å². The van der Waals surface area contributed by atoms with Crippen molar-refractivity contribution in [1.29, 1.82) is 0 Å². The lowest BCUT2D eigenvalue weighted by Crippen LogP contribution is -2.48. The first-order valence-electron chi connectivity index (χ1n) is 15.5. The van der Waals surface area contributed by atoms with E-state index in [0.717, 1.165) is 52.7 Å². The van der Waals surface area contributed by atoms with Crippen molar-refractivity contribution in [3.63, 3.8) is 0 Å². The van der Waals surface area contributed by atoms with Gasteiger partial charge < -0.3 is 18.7 Å². The maximum absolute atomic E-state index is 14.3. The molecule has 44 heavy (non-hydrogen) atoms. The van der Waals surface area contributed by atoms with Crippen molar-refractivity contribution in [2.45, 2.75) is 83.8 Å². The van der Waals surface area contributed by atoms with Crippen molar-refractivity contribution in [3.05, 3.63) is 77.9 Å². The minimum absolute atomic E-state index is 0.199. The summed E-state index contributed by atoms with van der Waals surface area (Å²) in [5.74, 6) is 0.823. The molecule has 5 aromatic rings. The number of fused-ring (bicyclic) bond motifs is 1. The van der Waals surface area contributed by atoms with Crippen LogP contribution in [0.3, 0.4) is 0 Å². The molecule has 2 atom stereocenters. The summed E-state index contributed by atoms with van der Waals surface area (Å²) in [7, 11) is 0.0183. The van der Waals surface area contributed by atoms with Crippen LogP contribution in [0.4, 0.5) is 4.39 Å². The van der Waals surface area contributed by atoms with Crippen LogP contribution in [0.1, 0.15) is 51.2 Å². The lowest BCUT2D eigenvalue weighted by atomic mass is 9.97. The average Bonchev–Trinajstić information content (AvgIpc) is 3.71. The first-order valence-corrected chi connectivity index (χ1v) is 18.4. The number of hydrogen-bond acceptors (Lipinski definition) is 6. The van der Waals surface area contributed by atoms with E-state index in [4.69, 9.17) is 13.8 Å². The van der Waals surface area contributed by atoms with Crippen LogP contribution in [0.15, 0.2) is 65.3 Å². The summed E-state index contributed by atoms with van der Waals surface area (Å²) in [6.45, 7) is 14.4. The Bertz CT molecular complexity index is 1800. The lowest BCUT2D eigenvalue weighted by molar-refractivity contribution is 0.155. The van der Waals surface area contributed by atoms with Gasteiger partial charge >= 0.3 is 0 Å². The summed E-state index contributed by atoms with van der Waals surface area (Å²) < 4.78 is 29.2. The molecule has 0 spiro atoms. The van der Waals surface area contributed by atoms with Crippen molar-refractivity contribution in [2.75, 3.05) is 0 Å².